The summed E-state index contributed by atoms with van der Waals surface area (Å²) in [7, 11) is 0. The Morgan fingerprint density at radius 1 is 1.35 bits per heavy atom. The molecule has 0 aliphatic heterocycles. The van der Waals surface area contributed by atoms with E-state index in [1.807, 2.05) is 30.0 Å². The fourth-order valence-electron chi connectivity index (χ4n) is 1.89. The number of hydrogen-bond donors (Lipinski definition) is 3. The summed E-state index contributed by atoms with van der Waals surface area (Å²) in [6, 6.07) is 5.97. The highest BCUT2D eigenvalue weighted by atomic mass is 79.9. The van der Waals surface area contributed by atoms with Gasteiger partial charge in [-0.1, -0.05) is 15.9 Å². The third-order valence-electron chi connectivity index (χ3n) is 2.85. The molecular formula is C14H18BrN3OS. The second-order valence-electron chi connectivity index (χ2n) is 4.37. The van der Waals surface area contributed by atoms with Crippen molar-refractivity contribution >= 4 is 50.0 Å². The highest BCUT2D eigenvalue weighted by Gasteiger charge is 2.06. The van der Waals surface area contributed by atoms with Gasteiger partial charge in [-0.2, -0.15) is 11.8 Å². The minimum atomic E-state index is 0.260. The van der Waals surface area contributed by atoms with Crippen LogP contribution in [0.4, 0.5) is 11.4 Å². The van der Waals surface area contributed by atoms with E-state index in [9.17, 15) is 0 Å². The lowest BCUT2D eigenvalue weighted by Crippen LogP contribution is -2.08. The van der Waals surface area contributed by atoms with Crippen LogP contribution in [0.25, 0.3) is 10.9 Å². The second-order valence-corrected chi connectivity index (χ2v) is 6.51. The number of nitrogens with two attached hydrogens (primary N) is 1. The third-order valence-corrected chi connectivity index (χ3v) is 4.42. The van der Waals surface area contributed by atoms with E-state index in [0.717, 1.165) is 45.5 Å². The van der Waals surface area contributed by atoms with E-state index in [4.69, 9.17) is 10.8 Å². The number of hydrogen-bond acceptors (Lipinski definition) is 5. The van der Waals surface area contributed by atoms with Crippen molar-refractivity contribution in [2.24, 2.45) is 0 Å². The van der Waals surface area contributed by atoms with E-state index in [1.165, 1.54) is 0 Å². The minimum absolute atomic E-state index is 0.260. The minimum Gasteiger partial charge on any atom is -0.396 e. The van der Waals surface area contributed by atoms with Gasteiger partial charge in [0.05, 0.1) is 23.1 Å². The molecule has 20 heavy (non-hydrogen) atoms. The Hall–Kier alpha value is -0.980. The molecule has 0 saturated heterocycles. The Balaban J connectivity index is 2.05. The van der Waals surface area contributed by atoms with Crippen LogP contribution >= 0.6 is 27.7 Å². The van der Waals surface area contributed by atoms with Gasteiger partial charge in [0, 0.05) is 28.8 Å². The van der Waals surface area contributed by atoms with Crippen molar-refractivity contribution < 1.29 is 5.11 Å². The van der Waals surface area contributed by atoms with Crippen LogP contribution in [0.1, 0.15) is 6.42 Å². The van der Waals surface area contributed by atoms with Crippen molar-refractivity contribution in [3.63, 3.8) is 0 Å². The number of nitrogens with zero attached hydrogens (tertiary/aromatic N) is 1. The number of nitrogens with one attached hydrogen (secondary N) is 1. The molecule has 2 rings (SSSR count). The van der Waals surface area contributed by atoms with Gasteiger partial charge in [0.15, 0.2) is 0 Å². The first-order chi connectivity index (χ1) is 9.72. The summed E-state index contributed by atoms with van der Waals surface area (Å²) in [5.74, 6) is 1.97. The Morgan fingerprint density at radius 2 is 2.20 bits per heavy atom. The molecule has 1 aromatic carbocycles. The smallest absolute Gasteiger partial charge is 0.0743 e. The highest BCUT2D eigenvalue weighted by Crippen LogP contribution is 2.29. The lowest BCUT2D eigenvalue weighted by Gasteiger charge is -2.12. The molecule has 108 valence electrons. The summed E-state index contributed by atoms with van der Waals surface area (Å²) < 4.78 is 1.01. The van der Waals surface area contributed by atoms with Crippen LogP contribution < -0.4 is 11.1 Å². The zero-order valence-corrected chi connectivity index (χ0v) is 13.5. The van der Waals surface area contributed by atoms with E-state index in [2.05, 4.69) is 26.2 Å². The monoisotopic (exact) mass is 355 g/mol. The number of pyridine rings is 1. The van der Waals surface area contributed by atoms with Crippen molar-refractivity contribution in [1.29, 1.82) is 0 Å². The summed E-state index contributed by atoms with van der Waals surface area (Å²) in [5, 5.41) is 13.1. The van der Waals surface area contributed by atoms with Gasteiger partial charge < -0.3 is 16.2 Å². The predicted octanol–water partition coefficient (Wildman–Crippen LogP) is 3.11. The van der Waals surface area contributed by atoms with Gasteiger partial charge in [-0.15, -0.1) is 0 Å². The van der Waals surface area contributed by atoms with E-state index in [-0.39, 0.29) is 6.61 Å². The third kappa shape index (κ3) is 4.01. The van der Waals surface area contributed by atoms with Crippen molar-refractivity contribution in [3.8, 4) is 0 Å². The van der Waals surface area contributed by atoms with Crippen LogP contribution in [-0.2, 0) is 0 Å². The molecule has 0 spiro atoms. The molecule has 4 N–H and O–H groups in total. The average molecular weight is 356 g/mol. The van der Waals surface area contributed by atoms with Gasteiger partial charge in [-0.25, -0.2) is 0 Å². The van der Waals surface area contributed by atoms with Crippen molar-refractivity contribution in [3.05, 3.63) is 28.9 Å². The molecule has 4 nitrogen and oxygen atoms in total. The summed E-state index contributed by atoms with van der Waals surface area (Å²) in [6.07, 6.45) is 2.54. The van der Waals surface area contributed by atoms with Crippen LogP contribution in [0.3, 0.4) is 0 Å². The van der Waals surface area contributed by atoms with Crippen LogP contribution in [0.2, 0.25) is 0 Å². The van der Waals surface area contributed by atoms with Crippen LogP contribution in [-0.4, -0.2) is 34.7 Å². The molecule has 6 heteroatoms. The largest absolute Gasteiger partial charge is 0.396 e. The van der Waals surface area contributed by atoms with Gasteiger partial charge in [0.2, 0.25) is 0 Å². The van der Waals surface area contributed by atoms with E-state index in [0.29, 0.717) is 5.69 Å². The van der Waals surface area contributed by atoms with Crippen LogP contribution in [0, 0.1) is 0 Å². The number of halogens is 1. The van der Waals surface area contributed by atoms with Crippen LogP contribution in [0.5, 0.6) is 0 Å². The number of anilines is 2. The van der Waals surface area contributed by atoms with Crippen molar-refractivity contribution in [1.82, 2.24) is 4.98 Å². The summed E-state index contributed by atoms with van der Waals surface area (Å²) in [4.78, 5) is 4.33. The molecule has 0 radical (unpaired) electrons. The van der Waals surface area contributed by atoms with E-state index < -0.39 is 0 Å². The van der Waals surface area contributed by atoms with Gasteiger partial charge in [-0.3, -0.25) is 4.98 Å². The highest BCUT2D eigenvalue weighted by molar-refractivity contribution is 9.10. The molecule has 0 aliphatic carbocycles. The zero-order valence-electron chi connectivity index (χ0n) is 11.1. The molecule has 0 aliphatic rings. The molecule has 2 aromatic rings. The molecule has 1 heterocycles. The Morgan fingerprint density at radius 3 is 3.00 bits per heavy atom. The first kappa shape index (κ1) is 15.4. The van der Waals surface area contributed by atoms with E-state index >= 15 is 0 Å². The molecule has 0 atom stereocenters. The Labute approximate surface area is 131 Å². The lowest BCUT2D eigenvalue weighted by atomic mass is 10.1. The normalized spacial score (nSPS) is 10.9. The summed E-state index contributed by atoms with van der Waals surface area (Å²) in [6.45, 7) is 1.10. The first-order valence-corrected chi connectivity index (χ1v) is 8.43. The van der Waals surface area contributed by atoms with Crippen molar-refractivity contribution in [2.45, 2.75) is 6.42 Å². The van der Waals surface area contributed by atoms with Gasteiger partial charge >= 0.3 is 0 Å². The maximum atomic E-state index is 8.72. The molecule has 0 unspecified atom stereocenters. The van der Waals surface area contributed by atoms with Gasteiger partial charge in [0.1, 0.15) is 0 Å². The van der Waals surface area contributed by atoms with Crippen molar-refractivity contribution in [2.75, 3.05) is 35.7 Å². The molecule has 1 aromatic heterocycles. The number of rotatable bonds is 7. The maximum absolute atomic E-state index is 8.72. The Kier molecular flexibility index (Phi) is 5.94. The molecule has 0 saturated carbocycles. The topological polar surface area (TPSA) is 71.2 Å². The standard InChI is InChI=1S/C14H18BrN3OS/c15-10-2-3-13-11(8-10)14(12(16)9-18-13)17-4-7-20-6-1-5-19/h2-3,8-9,19H,1,4-7,16H2,(H,17,18). The number of nitrogen functional groups attached to an aromatic ring is 1. The number of thioether (sulfide) groups is 1. The molecule has 0 amide bonds. The second kappa shape index (κ2) is 7.71. The fourth-order valence-corrected chi connectivity index (χ4v) is 3.04. The fraction of sp³-hybridized carbons (Fsp3) is 0.357. The average Bonchev–Trinajstić information content (AvgIpc) is 2.44. The molecule has 0 fully saturated rings. The summed E-state index contributed by atoms with van der Waals surface area (Å²) >= 11 is 5.30. The van der Waals surface area contributed by atoms with Gasteiger partial charge in [0.25, 0.3) is 0 Å². The number of aliphatic hydroxyl groups excluding tert-OH is 1. The lowest BCUT2D eigenvalue weighted by molar-refractivity contribution is 0.296. The predicted molar refractivity (Wildman–Crippen MR) is 91.4 cm³/mol. The van der Waals surface area contributed by atoms with E-state index in [1.54, 1.807) is 6.20 Å². The first-order valence-electron chi connectivity index (χ1n) is 6.48. The number of fused-ring (bicyclic) bond motifs is 1. The Bertz CT molecular complexity index is 574. The maximum Gasteiger partial charge on any atom is 0.0743 e. The van der Waals surface area contributed by atoms with Crippen LogP contribution in [0.15, 0.2) is 28.9 Å². The SMILES string of the molecule is Nc1cnc2ccc(Br)cc2c1NCCSCCCO. The quantitative estimate of drug-likeness (QED) is 0.665. The zero-order chi connectivity index (χ0) is 14.4. The molecular weight excluding hydrogens is 338 g/mol. The summed E-state index contributed by atoms with van der Waals surface area (Å²) in [5.41, 5.74) is 8.55. The van der Waals surface area contributed by atoms with Gasteiger partial charge in [-0.05, 0) is 30.4 Å². The molecule has 0 bridgehead atoms. The number of benzene rings is 1. The number of aliphatic hydroxyl groups is 1. The number of aromatic nitrogens is 1.